The first-order valence-corrected chi connectivity index (χ1v) is 13.3. The number of benzene rings is 1. The van der Waals surface area contributed by atoms with Gasteiger partial charge in [-0.1, -0.05) is 6.07 Å². The number of anilines is 2. The van der Waals surface area contributed by atoms with Crippen LogP contribution in [0.15, 0.2) is 59.9 Å². The Morgan fingerprint density at radius 2 is 1.81 bits per heavy atom. The first-order valence-electron chi connectivity index (χ1n) is 12.3. The Labute approximate surface area is 216 Å². The number of thioether (sulfide) groups is 1. The van der Waals surface area contributed by atoms with Gasteiger partial charge < -0.3 is 15.0 Å². The summed E-state index contributed by atoms with van der Waals surface area (Å²) in [6.45, 7) is 7.84. The van der Waals surface area contributed by atoms with Gasteiger partial charge in [0.2, 0.25) is 0 Å². The van der Waals surface area contributed by atoms with E-state index in [4.69, 9.17) is 4.74 Å². The lowest BCUT2D eigenvalue weighted by Crippen LogP contribution is -2.37. The summed E-state index contributed by atoms with van der Waals surface area (Å²) in [5, 5.41) is 3.70. The Morgan fingerprint density at radius 3 is 2.53 bits per heavy atom. The Bertz CT molecular complexity index is 1200. The number of amides is 1. The molecule has 0 radical (unpaired) electrons. The van der Waals surface area contributed by atoms with Crippen LogP contribution in [0.2, 0.25) is 0 Å². The van der Waals surface area contributed by atoms with Crippen LogP contribution >= 0.6 is 11.8 Å². The summed E-state index contributed by atoms with van der Waals surface area (Å²) in [7, 11) is 0. The van der Waals surface area contributed by atoms with Crippen LogP contribution in [-0.2, 0) is 15.3 Å². The number of carbonyl (C=O) groups is 2. The number of nitrogens with zero attached hydrogens (tertiary/aromatic N) is 3. The van der Waals surface area contributed by atoms with Crippen LogP contribution in [0.1, 0.15) is 46.8 Å². The van der Waals surface area contributed by atoms with Crippen molar-refractivity contribution in [3.8, 4) is 0 Å². The van der Waals surface area contributed by atoms with Crippen LogP contribution in [0.5, 0.6) is 0 Å². The number of aryl methyl sites for hydroxylation is 2. The smallest absolute Gasteiger partial charge is 0.309 e. The third-order valence-electron chi connectivity index (χ3n) is 6.12. The van der Waals surface area contributed by atoms with Crippen molar-refractivity contribution in [2.24, 2.45) is 5.92 Å². The molecule has 0 atom stereocenters. The average molecular weight is 505 g/mol. The molecule has 1 N–H and O–H groups in total. The SMILES string of the molecule is CCOC(=O)C1CCN(c2cc(CSc3ncccc3C(=O)Nc3cc(C)cc(C)c3)ccn2)CC1. The summed E-state index contributed by atoms with van der Waals surface area (Å²) >= 11 is 1.53. The number of esters is 1. The second-order valence-electron chi connectivity index (χ2n) is 9.01. The standard InChI is InChI=1S/C28H32N4O3S/c1-4-35-28(34)22-8-12-32(13-9-22)25-17-21(7-11-29-25)18-36-27-24(6-5-10-30-27)26(33)31-23-15-19(2)14-20(3)16-23/h5-7,10-11,14-17,22H,4,8-9,12-13,18H2,1-3H3,(H,31,33). The van der Waals surface area contributed by atoms with Crippen molar-refractivity contribution >= 4 is 35.1 Å². The Hall–Kier alpha value is -3.39. The topological polar surface area (TPSA) is 84.4 Å². The molecule has 1 aliphatic rings. The van der Waals surface area contributed by atoms with E-state index in [1.807, 2.05) is 45.2 Å². The lowest BCUT2D eigenvalue weighted by atomic mass is 9.97. The third kappa shape index (κ3) is 6.63. The van der Waals surface area contributed by atoms with Crippen LogP contribution in [0.4, 0.5) is 11.5 Å². The Balaban J connectivity index is 1.39. The maximum Gasteiger partial charge on any atom is 0.309 e. The molecule has 1 aromatic carbocycles. The van der Waals surface area contributed by atoms with E-state index in [0.717, 1.165) is 54.1 Å². The molecule has 36 heavy (non-hydrogen) atoms. The predicted octanol–water partition coefficient (Wildman–Crippen LogP) is 5.42. The van der Waals surface area contributed by atoms with Gasteiger partial charge in [0.15, 0.2) is 0 Å². The number of pyridine rings is 2. The Kier molecular flexibility index (Phi) is 8.59. The molecule has 3 heterocycles. The number of nitrogens with one attached hydrogen (secondary N) is 1. The molecule has 0 spiro atoms. The van der Waals surface area contributed by atoms with Crippen LogP contribution in [0.25, 0.3) is 0 Å². The number of hydrogen-bond acceptors (Lipinski definition) is 7. The van der Waals surface area contributed by atoms with Crippen LogP contribution in [0, 0.1) is 19.8 Å². The van der Waals surface area contributed by atoms with Gasteiger partial charge >= 0.3 is 5.97 Å². The van der Waals surface area contributed by atoms with Crippen LogP contribution < -0.4 is 10.2 Å². The van der Waals surface area contributed by atoms with E-state index in [-0.39, 0.29) is 17.8 Å². The molecule has 2 aromatic heterocycles. The largest absolute Gasteiger partial charge is 0.466 e. The van der Waals surface area contributed by atoms with Crippen LogP contribution in [0.3, 0.4) is 0 Å². The molecule has 1 aliphatic heterocycles. The lowest BCUT2D eigenvalue weighted by molar-refractivity contribution is -0.148. The summed E-state index contributed by atoms with van der Waals surface area (Å²) < 4.78 is 5.18. The molecule has 0 unspecified atom stereocenters. The molecule has 0 aliphatic carbocycles. The third-order valence-corrected chi connectivity index (χ3v) is 7.20. The van der Waals surface area contributed by atoms with Crippen LogP contribution in [-0.4, -0.2) is 41.5 Å². The second-order valence-corrected chi connectivity index (χ2v) is 9.98. The molecule has 7 nitrogen and oxygen atoms in total. The highest BCUT2D eigenvalue weighted by Gasteiger charge is 2.26. The average Bonchev–Trinajstić information content (AvgIpc) is 2.87. The normalized spacial score (nSPS) is 13.9. The zero-order valence-electron chi connectivity index (χ0n) is 21.0. The quantitative estimate of drug-likeness (QED) is 0.324. The fourth-order valence-electron chi connectivity index (χ4n) is 4.40. The van der Waals surface area contributed by atoms with Gasteiger partial charge in [0, 0.05) is 36.9 Å². The Morgan fingerprint density at radius 1 is 1.06 bits per heavy atom. The molecule has 1 fully saturated rings. The summed E-state index contributed by atoms with van der Waals surface area (Å²) in [5.41, 5.74) is 4.64. The lowest BCUT2D eigenvalue weighted by Gasteiger charge is -2.31. The minimum atomic E-state index is -0.171. The molecular formula is C28H32N4O3S. The molecule has 1 saturated heterocycles. The fourth-order valence-corrected chi connectivity index (χ4v) is 5.34. The number of ether oxygens (including phenoxy) is 1. The van der Waals surface area contributed by atoms with Gasteiger partial charge in [-0.05, 0) is 86.7 Å². The van der Waals surface area contributed by atoms with E-state index in [1.165, 1.54) is 11.8 Å². The highest BCUT2D eigenvalue weighted by atomic mass is 32.2. The van der Waals surface area contributed by atoms with Gasteiger partial charge in [-0.2, -0.15) is 0 Å². The van der Waals surface area contributed by atoms with Gasteiger partial charge in [0.25, 0.3) is 5.91 Å². The molecule has 188 valence electrons. The van der Waals surface area contributed by atoms with Gasteiger partial charge in [0.1, 0.15) is 10.8 Å². The number of hydrogen-bond donors (Lipinski definition) is 1. The number of carbonyl (C=O) groups excluding carboxylic acids is 2. The van der Waals surface area contributed by atoms with E-state index in [2.05, 4.69) is 32.3 Å². The predicted molar refractivity (Wildman–Crippen MR) is 143 cm³/mol. The van der Waals surface area contributed by atoms with Crippen molar-refractivity contribution in [2.75, 3.05) is 29.9 Å². The van der Waals surface area contributed by atoms with E-state index < -0.39 is 0 Å². The van der Waals surface area contributed by atoms with E-state index in [0.29, 0.717) is 22.9 Å². The molecule has 4 rings (SSSR count). The summed E-state index contributed by atoms with van der Waals surface area (Å²) in [6, 6.07) is 13.6. The molecule has 8 heteroatoms. The monoisotopic (exact) mass is 504 g/mol. The van der Waals surface area contributed by atoms with E-state index in [1.54, 1.807) is 18.3 Å². The summed E-state index contributed by atoms with van der Waals surface area (Å²) in [5.74, 6) is 1.27. The highest BCUT2D eigenvalue weighted by Crippen LogP contribution is 2.28. The molecule has 0 saturated carbocycles. The van der Waals surface area contributed by atoms with Gasteiger partial charge in [-0.25, -0.2) is 9.97 Å². The van der Waals surface area contributed by atoms with Gasteiger partial charge in [-0.15, -0.1) is 11.8 Å². The molecule has 3 aromatic rings. The second kappa shape index (κ2) is 12.0. The maximum atomic E-state index is 13.0. The zero-order valence-corrected chi connectivity index (χ0v) is 21.8. The van der Waals surface area contributed by atoms with E-state index in [9.17, 15) is 9.59 Å². The van der Waals surface area contributed by atoms with Crippen molar-refractivity contribution in [3.05, 3.63) is 77.1 Å². The molecule has 1 amide bonds. The first-order chi connectivity index (χ1) is 17.4. The van der Waals surface area contributed by atoms with Crippen molar-refractivity contribution in [3.63, 3.8) is 0 Å². The minimum absolute atomic E-state index is 0.0302. The molecular weight excluding hydrogens is 472 g/mol. The van der Waals surface area contributed by atoms with Crippen molar-refractivity contribution in [1.82, 2.24) is 9.97 Å². The van der Waals surface area contributed by atoms with Crippen molar-refractivity contribution < 1.29 is 14.3 Å². The van der Waals surface area contributed by atoms with Crippen molar-refractivity contribution in [2.45, 2.75) is 44.4 Å². The minimum Gasteiger partial charge on any atom is -0.466 e. The fraction of sp³-hybridized carbons (Fsp3) is 0.357. The highest BCUT2D eigenvalue weighted by molar-refractivity contribution is 7.98. The van der Waals surface area contributed by atoms with Crippen molar-refractivity contribution in [1.29, 1.82) is 0 Å². The molecule has 0 bridgehead atoms. The van der Waals surface area contributed by atoms with E-state index >= 15 is 0 Å². The zero-order chi connectivity index (χ0) is 25.5. The van der Waals surface area contributed by atoms with Gasteiger partial charge in [0.05, 0.1) is 18.1 Å². The number of piperidine rings is 1. The first kappa shape index (κ1) is 25.7. The van der Waals surface area contributed by atoms with Gasteiger partial charge in [-0.3, -0.25) is 9.59 Å². The summed E-state index contributed by atoms with van der Waals surface area (Å²) in [4.78, 5) is 36.3. The number of rotatable bonds is 8. The summed E-state index contributed by atoms with van der Waals surface area (Å²) in [6.07, 6.45) is 5.06. The maximum absolute atomic E-state index is 13.0. The number of aromatic nitrogens is 2.